The molecule has 0 heterocycles. The molecule has 1 aliphatic rings. The first-order valence-electron chi connectivity index (χ1n) is 7.77. The van der Waals surface area contributed by atoms with Gasteiger partial charge in [-0.05, 0) is 62.8 Å². The minimum Gasteiger partial charge on any atom is -0.385 e. The number of hydrogen-bond acceptors (Lipinski definition) is 2. The highest BCUT2D eigenvalue weighted by Crippen LogP contribution is 2.34. The molecule has 1 amide bonds. The van der Waals surface area contributed by atoms with Crippen LogP contribution in [0.5, 0.6) is 0 Å². The molecule has 1 aromatic rings. The molecule has 3 nitrogen and oxygen atoms in total. The van der Waals surface area contributed by atoms with Crippen LogP contribution in [0.4, 0.5) is 5.69 Å². The van der Waals surface area contributed by atoms with Crippen molar-refractivity contribution in [3.8, 4) is 0 Å². The summed E-state index contributed by atoms with van der Waals surface area (Å²) in [7, 11) is 0. The van der Waals surface area contributed by atoms with Gasteiger partial charge in [0, 0.05) is 23.3 Å². The van der Waals surface area contributed by atoms with Gasteiger partial charge in [0.25, 0.3) is 5.91 Å². The Labute approximate surface area is 122 Å². The van der Waals surface area contributed by atoms with Crippen molar-refractivity contribution < 1.29 is 4.79 Å². The molecule has 1 fully saturated rings. The van der Waals surface area contributed by atoms with Gasteiger partial charge in [-0.1, -0.05) is 13.8 Å². The van der Waals surface area contributed by atoms with Crippen LogP contribution < -0.4 is 10.6 Å². The molecule has 2 N–H and O–H groups in total. The number of nitrogens with one attached hydrogen (secondary N) is 2. The van der Waals surface area contributed by atoms with Crippen molar-refractivity contribution in [3.63, 3.8) is 0 Å². The van der Waals surface area contributed by atoms with E-state index >= 15 is 0 Å². The van der Waals surface area contributed by atoms with E-state index < -0.39 is 0 Å². The van der Waals surface area contributed by atoms with E-state index in [4.69, 9.17) is 0 Å². The van der Waals surface area contributed by atoms with Gasteiger partial charge in [-0.15, -0.1) is 0 Å². The Bertz CT molecular complexity index is 472. The van der Waals surface area contributed by atoms with Crippen LogP contribution in [0.1, 0.15) is 61.9 Å². The largest absolute Gasteiger partial charge is 0.385 e. The van der Waals surface area contributed by atoms with Gasteiger partial charge in [-0.3, -0.25) is 4.79 Å². The molecular weight excluding hydrogens is 248 g/mol. The van der Waals surface area contributed by atoms with E-state index in [0.29, 0.717) is 0 Å². The molecular formula is C17H26N2O. The highest BCUT2D eigenvalue weighted by molar-refractivity contribution is 5.95. The minimum absolute atomic E-state index is 0.0596. The van der Waals surface area contributed by atoms with Crippen LogP contribution in [0.25, 0.3) is 0 Å². The number of carbonyl (C=O) groups is 1. The Kier molecular flexibility index (Phi) is 4.69. The van der Waals surface area contributed by atoms with Crippen molar-refractivity contribution in [3.05, 3.63) is 29.3 Å². The molecule has 2 rings (SSSR count). The molecule has 3 heteroatoms. The first-order chi connectivity index (χ1) is 9.60. The standard InChI is InChI=1S/C17H26N2O/c1-4-11-18-15-8-7-14(12-13(15)3)16(20)19-17(5-2)9-6-10-17/h7-8,12,18H,4-6,9-11H2,1-3H3,(H,19,20). The molecule has 0 aromatic heterocycles. The third-order valence-corrected chi connectivity index (χ3v) is 4.42. The van der Waals surface area contributed by atoms with Crippen LogP contribution >= 0.6 is 0 Å². The van der Waals surface area contributed by atoms with Crippen molar-refractivity contribution in [2.45, 2.75) is 58.4 Å². The number of anilines is 1. The third kappa shape index (κ3) is 3.14. The fourth-order valence-corrected chi connectivity index (χ4v) is 2.75. The molecule has 0 unspecified atom stereocenters. The number of benzene rings is 1. The second kappa shape index (κ2) is 6.29. The normalized spacial score (nSPS) is 16.4. The van der Waals surface area contributed by atoms with Gasteiger partial charge >= 0.3 is 0 Å². The highest BCUT2D eigenvalue weighted by atomic mass is 16.1. The summed E-state index contributed by atoms with van der Waals surface area (Å²) in [5.74, 6) is 0.0664. The van der Waals surface area contributed by atoms with E-state index in [-0.39, 0.29) is 11.4 Å². The summed E-state index contributed by atoms with van der Waals surface area (Å²) in [6.45, 7) is 7.31. The van der Waals surface area contributed by atoms with Crippen molar-refractivity contribution >= 4 is 11.6 Å². The summed E-state index contributed by atoms with van der Waals surface area (Å²) in [4.78, 5) is 12.4. The first kappa shape index (κ1) is 14.9. The van der Waals surface area contributed by atoms with E-state index in [9.17, 15) is 4.79 Å². The second-order valence-electron chi connectivity index (χ2n) is 5.90. The van der Waals surface area contributed by atoms with E-state index in [1.165, 1.54) is 6.42 Å². The predicted molar refractivity (Wildman–Crippen MR) is 84.3 cm³/mol. The van der Waals surface area contributed by atoms with Gasteiger partial charge in [0.15, 0.2) is 0 Å². The van der Waals surface area contributed by atoms with Crippen LogP contribution in [0.15, 0.2) is 18.2 Å². The molecule has 0 radical (unpaired) electrons. The Morgan fingerprint density at radius 1 is 1.30 bits per heavy atom. The number of rotatable bonds is 6. The smallest absolute Gasteiger partial charge is 0.251 e. The Morgan fingerprint density at radius 3 is 2.55 bits per heavy atom. The predicted octanol–water partition coefficient (Wildman–Crippen LogP) is 3.88. The maximum Gasteiger partial charge on any atom is 0.251 e. The number of carbonyl (C=O) groups excluding carboxylic acids is 1. The summed E-state index contributed by atoms with van der Waals surface area (Å²) in [6.07, 6.45) is 5.58. The molecule has 0 aliphatic heterocycles. The zero-order valence-corrected chi connectivity index (χ0v) is 12.9. The van der Waals surface area contributed by atoms with Crippen molar-refractivity contribution in [2.75, 3.05) is 11.9 Å². The van der Waals surface area contributed by atoms with Gasteiger partial charge in [-0.2, -0.15) is 0 Å². The topological polar surface area (TPSA) is 41.1 Å². The van der Waals surface area contributed by atoms with Crippen LogP contribution in [0.2, 0.25) is 0 Å². The van der Waals surface area contributed by atoms with Gasteiger partial charge in [0.1, 0.15) is 0 Å². The minimum atomic E-state index is 0.0596. The lowest BCUT2D eigenvalue weighted by molar-refractivity contribution is 0.0820. The maximum atomic E-state index is 12.4. The second-order valence-corrected chi connectivity index (χ2v) is 5.90. The monoisotopic (exact) mass is 274 g/mol. The highest BCUT2D eigenvalue weighted by Gasteiger charge is 2.36. The number of hydrogen-bond donors (Lipinski definition) is 2. The SMILES string of the molecule is CCCNc1ccc(C(=O)NC2(CC)CCC2)cc1C. The molecule has 0 spiro atoms. The Hall–Kier alpha value is -1.51. The van der Waals surface area contributed by atoms with Crippen molar-refractivity contribution in [1.29, 1.82) is 0 Å². The van der Waals surface area contributed by atoms with Crippen molar-refractivity contribution in [2.24, 2.45) is 0 Å². The van der Waals surface area contributed by atoms with Crippen LogP contribution in [-0.2, 0) is 0 Å². The quantitative estimate of drug-likeness (QED) is 0.826. The van der Waals surface area contributed by atoms with Crippen molar-refractivity contribution in [1.82, 2.24) is 5.32 Å². The lowest BCUT2D eigenvalue weighted by Crippen LogP contribution is -2.52. The van der Waals surface area contributed by atoms with Crippen LogP contribution in [-0.4, -0.2) is 18.0 Å². The molecule has 1 aliphatic carbocycles. The molecule has 0 bridgehead atoms. The number of amides is 1. The van der Waals surface area contributed by atoms with Crippen LogP contribution in [0.3, 0.4) is 0 Å². The maximum absolute atomic E-state index is 12.4. The van der Waals surface area contributed by atoms with Gasteiger partial charge in [0.2, 0.25) is 0 Å². The lowest BCUT2D eigenvalue weighted by atomic mass is 9.74. The van der Waals surface area contributed by atoms with Gasteiger partial charge in [0.05, 0.1) is 0 Å². The summed E-state index contributed by atoms with van der Waals surface area (Å²) >= 11 is 0. The first-order valence-corrected chi connectivity index (χ1v) is 7.77. The average molecular weight is 274 g/mol. The van der Waals surface area contributed by atoms with Gasteiger partial charge in [-0.25, -0.2) is 0 Å². The fraction of sp³-hybridized carbons (Fsp3) is 0.588. The summed E-state index contributed by atoms with van der Waals surface area (Å²) in [5.41, 5.74) is 3.08. The van der Waals surface area contributed by atoms with Gasteiger partial charge < -0.3 is 10.6 Å². The summed E-state index contributed by atoms with van der Waals surface area (Å²) < 4.78 is 0. The van der Waals surface area contributed by atoms with Crippen LogP contribution in [0, 0.1) is 6.92 Å². The summed E-state index contributed by atoms with van der Waals surface area (Å²) in [6, 6.07) is 5.91. The molecule has 1 aromatic carbocycles. The lowest BCUT2D eigenvalue weighted by Gasteiger charge is -2.42. The van der Waals surface area contributed by atoms with E-state index in [1.54, 1.807) is 0 Å². The average Bonchev–Trinajstić information content (AvgIpc) is 2.41. The zero-order valence-electron chi connectivity index (χ0n) is 12.9. The third-order valence-electron chi connectivity index (χ3n) is 4.42. The molecule has 1 saturated carbocycles. The Morgan fingerprint density at radius 2 is 2.05 bits per heavy atom. The molecule has 0 atom stereocenters. The van der Waals surface area contributed by atoms with E-state index in [1.807, 2.05) is 25.1 Å². The van der Waals surface area contributed by atoms with E-state index in [2.05, 4.69) is 24.5 Å². The number of aryl methyl sites for hydroxylation is 1. The molecule has 110 valence electrons. The van der Waals surface area contributed by atoms with E-state index in [0.717, 1.165) is 49.0 Å². The molecule has 0 saturated heterocycles. The molecule has 20 heavy (non-hydrogen) atoms. The fourth-order valence-electron chi connectivity index (χ4n) is 2.75. The zero-order chi connectivity index (χ0) is 14.6. The summed E-state index contributed by atoms with van der Waals surface area (Å²) in [5, 5.41) is 6.61. The Balaban J connectivity index is 2.05.